The van der Waals surface area contributed by atoms with Crippen molar-refractivity contribution in [2.45, 2.75) is 161 Å². The van der Waals surface area contributed by atoms with Gasteiger partial charge in [0.2, 0.25) is 0 Å². The largest absolute Gasteiger partial charge is 0.481 e. The number of carbonyl (C=O) groups excluding carboxylic acids is 3. The molecule has 0 spiro atoms. The number of carboxylic acid groups (broad SMARTS) is 1. The van der Waals surface area contributed by atoms with Crippen LogP contribution in [-0.2, 0) is 23.9 Å². The van der Waals surface area contributed by atoms with E-state index in [-0.39, 0.29) is 5.97 Å². The number of carboxylic acids is 1. The summed E-state index contributed by atoms with van der Waals surface area (Å²) in [6, 6.07) is 0. The highest BCUT2D eigenvalue weighted by Crippen LogP contribution is 2.11. The molecule has 0 aliphatic carbocycles. The average Bonchev–Trinajstić information content (AvgIpc) is 2.94. The Balaban J connectivity index is 0. The van der Waals surface area contributed by atoms with Crippen molar-refractivity contribution in [2.24, 2.45) is 0 Å². The molecular formula is C34H60O6. The molecule has 1 rings (SSSR count). The summed E-state index contributed by atoms with van der Waals surface area (Å²) >= 11 is 0. The Kier molecular flexibility index (Phi) is 34.7. The molecule has 0 atom stereocenters. The lowest BCUT2D eigenvalue weighted by atomic mass is 10.1. The van der Waals surface area contributed by atoms with Crippen molar-refractivity contribution < 1.29 is 29.0 Å². The maximum atomic E-state index is 11.4. The van der Waals surface area contributed by atoms with Crippen LogP contribution in [-0.4, -0.2) is 36.2 Å². The summed E-state index contributed by atoms with van der Waals surface area (Å²) in [7, 11) is 0. The molecule has 0 aromatic heterocycles. The van der Waals surface area contributed by atoms with Crippen molar-refractivity contribution in [3.8, 4) is 0 Å². The van der Waals surface area contributed by atoms with Crippen LogP contribution in [0, 0.1) is 0 Å². The Morgan fingerprint density at radius 1 is 0.725 bits per heavy atom. The number of Topliss-reactive ketones (excluding diaryl/α,β-unsaturated/α-hetero) is 1. The number of cyclic esters (lactones) is 1. The Bertz CT molecular complexity index is 618. The molecule has 0 amide bonds. The summed E-state index contributed by atoms with van der Waals surface area (Å²) in [6.45, 7) is 4.27. The van der Waals surface area contributed by atoms with E-state index in [9.17, 15) is 14.4 Å². The van der Waals surface area contributed by atoms with Crippen LogP contribution in [0.4, 0.5) is 0 Å². The highest BCUT2D eigenvalue weighted by Gasteiger charge is 2.02. The van der Waals surface area contributed by atoms with Crippen LogP contribution >= 0.6 is 0 Å². The van der Waals surface area contributed by atoms with E-state index >= 15 is 0 Å². The van der Waals surface area contributed by atoms with Crippen LogP contribution in [0.1, 0.15) is 161 Å². The van der Waals surface area contributed by atoms with Crippen molar-refractivity contribution >= 4 is 24.5 Å². The second-order valence-electron chi connectivity index (χ2n) is 10.7. The molecule has 0 fully saturated rings. The third-order valence-corrected chi connectivity index (χ3v) is 6.77. The van der Waals surface area contributed by atoms with Crippen molar-refractivity contribution in [1.82, 2.24) is 0 Å². The Labute approximate surface area is 245 Å². The molecular weight excluding hydrogens is 504 g/mol. The molecule has 0 radical (unpaired) electrons. The van der Waals surface area contributed by atoms with Gasteiger partial charge in [0.15, 0.2) is 0 Å². The van der Waals surface area contributed by atoms with E-state index in [1.165, 1.54) is 77.0 Å². The van der Waals surface area contributed by atoms with Crippen LogP contribution in [0.3, 0.4) is 0 Å². The van der Waals surface area contributed by atoms with Gasteiger partial charge in [0.25, 0.3) is 0 Å². The van der Waals surface area contributed by atoms with E-state index < -0.39 is 5.97 Å². The van der Waals surface area contributed by atoms with Gasteiger partial charge < -0.3 is 19.4 Å². The van der Waals surface area contributed by atoms with Crippen LogP contribution in [0.25, 0.3) is 0 Å². The highest BCUT2D eigenvalue weighted by atomic mass is 16.5. The number of carbonyl (C=O) groups is 4. The molecule has 40 heavy (non-hydrogen) atoms. The van der Waals surface area contributed by atoms with Gasteiger partial charge in [-0.2, -0.15) is 0 Å². The monoisotopic (exact) mass is 564 g/mol. The molecule has 1 aliphatic rings. The van der Waals surface area contributed by atoms with Gasteiger partial charge in [-0.15, -0.1) is 0 Å². The summed E-state index contributed by atoms with van der Waals surface area (Å²) in [4.78, 5) is 40.4. The van der Waals surface area contributed by atoms with E-state index in [4.69, 9.17) is 14.6 Å². The molecule has 1 N–H and O–H groups in total. The molecule has 232 valence electrons. The number of aliphatic carboxylic acids is 1. The van der Waals surface area contributed by atoms with Gasteiger partial charge in [0, 0.05) is 19.3 Å². The third-order valence-electron chi connectivity index (χ3n) is 6.77. The molecule has 6 heteroatoms. The van der Waals surface area contributed by atoms with Crippen molar-refractivity contribution in [2.75, 3.05) is 6.61 Å². The summed E-state index contributed by atoms with van der Waals surface area (Å²) in [6.07, 6.45) is 35.0. The van der Waals surface area contributed by atoms with Crippen LogP contribution in [0.15, 0.2) is 24.3 Å². The first-order valence-corrected chi connectivity index (χ1v) is 16.0. The van der Waals surface area contributed by atoms with E-state index in [1.54, 1.807) is 6.92 Å². The van der Waals surface area contributed by atoms with Crippen molar-refractivity contribution in [3.63, 3.8) is 0 Å². The Morgan fingerprint density at radius 3 is 1.80 bits per heavy atom. The first-order valence-electron chi connectivity index (χ1n) is 16.0. The van der Waals surface area contributed by atoms with Gasteiger partial charge in [-0.05, 0) is 84.0 Å². The number of allylic oxidation sites excluding steroid dienone is 4. The van der Waals surface area contributed by atoms with Gasteiger partial charge in [-0.1, -0.05) is 82.1 Å². The molecule has 0 saturated heterocycles. The van der Waals surface area contributed by atoms with E-state index in [0.717, 1.165) is 64.2 Å². The minimum absolute atomic E-state index is 0.000910. The molecule has 0 aromatic rings. The lowest BCUT2D eigenvalue weighted by Gasteiger charge is -2.04. The number of hydrogen-bond acceptors (Lipinski definition) is 5. The molecule has 0 bridgehead atoms. The third kappa shape index (κ3) is 37.9. The predicted molar refractivity (Wildman–Crippen MR) is 165 cm³/mol. The molecule has 1 aliphatic heterocycles. The number of hydrogen-bond donors (Lipinski definition) is 1. The highest BCUT2D eigenvalue weighted by molar-refractivity contribution is 5.75. The predicted octanol–water partition coefficient (Wildman–Crippen LogP) is 9.49. The molecule has 0 saturated carbocycles. The van der Waals surface area contributed by atoms with Gasteiger partial charge in [-0.25, -0.2) is 0 Å². The fourth-order valence-corrected chi connectivity index (χ4v) is 4.39. The zero-order valence-electron chi connectivity index (χ0n) is 25.7. The Morgan fingerprint density at radius 2 is 1.20 bits per heavy atom. The molecule has 1 heterocycles. The standard InChI is InChI=1S/C17H30O3.C16H28O2.CH2O/c1-16(18)14-12-10-8-6-4-2-3-5-7-9-11-13-15-17(19)20;17-16-14-12-10-8-6-4-2-1-3-5-7-9-11-13-15-18-16;1-2/h2,4H,3,5-15H2,1H3,(H,19,20);1,3H,2,4-15H2;1H2/b4-2+;3-1+;. The molecule has 0 aromatic carbocycles. The van der Waals surface area contributed by atoms with Crippen molar-refractivity contribution in [3.05, 3.63) is 24.3 Å². The Hall–Kier alpha value is -2.24. The normalized spacial score (nSPS) is 16.4. The van der Waals surface area contributed by atoms with Gasteiger partial charge in [0.1, 0.15) is 12.6 Å². The number of unbranched alkanes of at least 4 members (excludes halogenated alkanes) is 8. The zero-order chi connectivity index (χ0) is 29.9. The van der Waals surface area contributed by atoms with Gasteiger partial charge in [-0.3, -0.25) is 9.59 Å². The fraction of sp³-hybridized carbons (Fsp3) is 0.765. The van der Waals surface area contributed by atoms with Crippen LogP contribution in [0.5, 0.6) is 0 Å². The summed E-state index contributed by atoms with van der Waals surface area (Å²) in [5.74, 6) is -0.388. The number of ether oxygens (including phenoxy) is 1. The molecule has 6 nitrogen and oxygen atoms in total. The lowest BCUT2D eigenvalue weighted by Crippen LogP contribution is -2.05. The second-order valence-corrected chi connectivity index (χ2v) is 10.7. The minimum Gasteiger partial charge on any atom is -0.481 e. The van der Waals surface area contributed by atoms with Gasteiger partial charge >= 0.3 is 11.9 Å². The first kappa shape index (κ1) is 39.9. The number of rotatable bonds is 14. The van der Waals surface area contributed by atoms with Gasteiger partial charge in [0.05, 0.1) is 6.61 Å². The van der Waals surface area contributed by atoms with E-state index in [2.05, 4.69) is 24.3 Å². The van der Waals surface area contributed by atoms with E-state index in [0.29, 0.717) is 25.2 Å². The minimum atomic E-state index is -0.684. The zero-order valence-corrected chi connectivity index (χ0v) is 25.7. The lowest BCUT2D eigenvalue weighted by molar-refractivity contribution is -0.144. The smallest absolute Gasteiger partial charge is 0.305 e. The maximum Gasteiger partial charge on any atom is 0.305 e. The number of esters is 1. The second kappa shape index (κ2) is 34.8. The topological polar surface area (TPSA) is 97.7 Å². The average molecular weight is 565 g/mol. The summed E-state index contributed by atoms with van der Waals surface area (Å²) in [5.41, 5.74) is 0. The quantitative estimate of drug-likeness (QED) is 0.128. The van der Waals surface area contributed by atoms with Crippen molar-refractivity contribution in [1.29, 1.82) is 0 Å². The molecule has 0 unspecified atom stereocenters. The summed E-state index contributed by atoms with van der Waals surface area (Å²) < 4.78 is 5.21. The number of ketones is 1. The maximum absolute atomic E-state index is 11.4. The van der Waals surface area contributed by atoms with Crippen LogP contribution in [0.2, 0.25) is 0 Å². The first-order chi connectivity index (χ1) is 19.5. The summed E-state index contributed by atoms with van der Waals surface area (Å²) in [5, 5.41) is 8.49. The van der Waals surface area contributed by atoms with Crippen LogP contribution < -0.4 is 0 Å². The SMILES string of the molecule is C=O.CC(=O)CCCCC/C=C/CCCCCCCC(=O)O.O=C1CCCCCCC/C=C/CCCCCCO1. The fourth-order valence-electron chi connectivity index (χ4n) is 4.39. The van der Waals surface area contributed by atoms with E-state index in [1.807, 2.05) is 6.79 Å².